The molecule has 3 aliphatic carbocycles. The monoisotopic (exact) mass is 482 g/mol. The van der Waals surface area contributed by atoms with E-state index in [1.807, 2.05) is 11.9 Å². The lowest BCUT2D eigenvalue weighted by Crippen LogP contribution is -2.71. The first kappa shape index (κ1) is 24.2. The number of benzene rings is 1. The molecule has 4 N–H and O–H groups in total. The van der Waals surface area contributed by atoms with Gasteiger partial charge in [-0.05, 0) is 57.6 Å². The summed E-state index contributed by atoms with van der Waals surface area (Å²) in [6, 6.07) is 4.01. The van der Waals surface area contributed by atoms with E-state index in [1.165, 1.54) is 12.1 Å². The van der Waals surface area contributed by atoms with E-state index in [4.69, 9.17) is 16.3 Å². The molecule has 33 heavy (non-hydrogen) atoms. The van der Waals surface area contributed by atoms with E-state index in [2.05, 4.69) is 23.0 Å². The molecule has 2 bridgehead atoms. The Kier molecular flexibility index (Phi) is 6.87. The summed E-state index contributed by atoms with van der Waals surface area (Å²) in [6.07, 6.45) is 2.85. The molecule has 10 heteroatoms. The molecular weight excluding hydrogens is 451 g/mol. The number of nitrogens with one attached hydrogen (secondary N) is 3. The second kappa shape index (κ2) is 9.37. The zero-order valence-corrected chi connectivity index (χ0v) is 19.8. The molecule has 5 rings (SSSR count). The summed E-state index contributed by atoms with van der Waals surface area (Å²) in [7, 11) is 0. The lowest BCUT2D eigenvalue weighted by Gasteiger charge is -2.56. The number of nitrogens with zero attached hydrogens (tertiary/aromatic N) is 1. The summed E-state index contributed by atoms with van der Waals surface area (Å²) in [5, 5.41) is 19.1. The van der Waals surface area contributed by atoms with Gasteiger partial charge in [0.2, 0.25) is 5.91 Å². The van der Waals surface area contributed by atoms with Crippen molar-refractivity contribution in [1.29, 1.82) is 0 Å². The maximum absolute atomic E-state index is 13.6. The fourth-order valence-electron chi connectivity index (χ4n) is 5.48. The number of halogens is 2. The van der Waals surface area contributed by atoms with Gasteiger partial charge in [-0.15, -0.1) is 0 Å². The second-order valence-electron chi connectivity index (χ2n) is 9.63. The summed E-state index contributed by atoms with van der Waals surface area (Å²) in [5.41, 5.74) is 2.12. The van der Waals surface area contributed by atoms with Crippen molar-refractivity contribution in [2.24, 2.45) is 0 Å². The van der Waals surface area contributed by atoms with Gasteiger partial charge in [-0.2, -0.15) is 0 Å². The third-order valence-electron chi connectivity index (χ3n) is 7.34. The van der Waals surface area contributed by atoms with Crippen LogP contribution in [0.15, 0.2) is 18.2 Å². The average molecular weight is 483 g/mol. The number of aliphatic hydroxyl groups is 1. The first-order valence-electron chi connectivity index (χ1n) is 11.6. The Morgan fingerprint density at radius 3 is 2.67 bits per heavy atom. The van der Waals surface area contributed by atoms with Crippen molar-refractivity contribution >= 4 is 23.4 Å². The van der Waals surface area contributed by atoms with Crippen LogP contribution >= 0.6 is 11.6 Å². The van der Waals surface area contributed by atoms with Crippen molar-refractivity contribution in [3.8, 4) is 5.75 Å². The van der Waals surface area contributed by atoms with Crippen molar-refractivity contribution in [1.82, 2.24) is 21.1 Å². The minimum absolute atomic E-state index is 0.0112. The molecule has 1 aromatic rings. The molecule has 1 heterocycles. The maximum Gasteiger partial charge on any atom is 0.258 e. The molecule has 0 spiro atoms. The van der Waals surface area contributed by atoms with Crippen LogP contribution in [-0.2, 0) is 9.59 Å². The highest BCUT2D eigenvalue weighted by Crippen LogP contribution is 2.47. The van der Waals surface area contributed by atoms with Crippen molar-refractivity contribution in [3.05, 3.63) is 29.0 Å². The quantitative estimate of drug-likeness (QED) is 0.473. The Hall–Kier alpha value is -1.94. The lowest BCUT2D eigenvalue weighted by molar-refractivity contribution is -0.138. The number of hydrazine groups is 1. The highest BCUT2D eigenvalue weighted by atomic mass is 35.5. The first-order chi connectivity index (χ1) is 15.7. The molecule has 3 atom stereocenters. The highest BCUT2D eigenvalue weighted by Gasteiger charge is 2.55. The van der Waals surface area contributed by atoms with Crippen molar-refractivity contribution in [2.75, 3.05) is 13.2 Å². The average Bonchev–Trinajstić information content (AvgIpc) is 3.17. The zero-order chi connectivity index (χ0) is 23.8. The highest BCUT2D eigenvalue weighted by molar-refractivity contribution is 6.30. The molecule has 1 aliphatic heterocycles. The molecule has 1 aromatic carbocycles. The van der Waals surface area contributed by atoms with Gasteiger partial charge in [0.15, 0.2) is 6.61 Å². The molecule has 4 aliphatic rings. The first-order valence-corrected chi connectivity index (χ1v) is 11.9. The smallest absolute Gasteiger partial charge is 0.258 e. The number of carbonyl (C=O) groups is 2. The number of amides is 2. The Labute approximate surface area is 198 Å². The van der Waals surface area contributed by atoms with E-state index in [9.17, 15) is 19.1 Å². The van der Waals surface area contributed by atoms with E-state index in [0.717, 1.165) is 19.0 Å². The van der Waals surface area contributed by atoms with Crippen molar-refractivity contribution in [2.45, 2.75) is 81.6 Å². The maximum atomic E-state index is 13.6. The zero-order valence-electron chi connectivity index (χ0n) is 19.0. The van der Waals surface area contributed by atoms with Gasteiger partial charge in [0, 0.05) is 24.2 Å². The van der Waals surface area contributed by atoms with Gasteiger partial charge in [0.1, 0.15) is 17.6 Å². The fraction of sp³-hybridized carbons (Fsp3) is 0.652. The molecule has 0 radical (unpaired) electrons. The summed E-state index contributed by atoms with van der Waals surface area (Å²) in [5.74, 6) is -0.808. The molecule has 3 unspecified atom stereocenters. The molecule has 8 nitrogen and oxygen atoms in total. The van der Waals surface area contributed by atoms with Crippen LogP contribution in [-0.4, -0.2) is 64.3 Å². The largest absolute Gasteiger partial charge is 0.484 e. The third kappa shape index (κ3) is 4.96. The number of carbonyl (C=O) groups excluding carboxylic acids is 2. The van der Waals surface area contributed by atoms with E-state index in [0.29, 0.717) is 32.1 Å². The van der Waals surface area contributed by atoms with Crippen LogP contribution in [0.3, 0.4) is 0 Å². The molecule has 0 aromatic heterocycles. The van der Waals surface area contributed by atoms with Gasteiger partial charge in [0.05, 0.1) is 16.7 Å². The SMILES string of the molecule is CCN1NC(C)CC1C(=O)NC12CCC(NC(=O)COc3ccc(Cl)c(F)c3)(CC1)C(O)C2. The van der Waals surface area contributed by atoms with Crippen LogP contribution < -0.4 is 20.8 Å². The van der Waals surface area contributed by atoms with Gasteiger partial charge in [-0.3, -0.25) is 15.0 Å². The lowest BCUT2D eigenvalue weighted by atomic mass is 9.59. The molecule has 182 valence electrons. The van der Waals surface area contributed by atoms with E-state index in [-0.39, 0.29) is 41.3 Å². The summed E-state index contributed by atoms with van der Waals surface area (Å²) >= 11 is 5.66. The van der Waals surface area contributed by atoms with E-state index >= 15 is 0 Å². The van der Waals surface area contributed by atoms with Crippen LogP contribution in [0, 0.1) is 5.82 Å². The summed E-state index contributed by atoms with van der Waals surface area (Å²) in [4.78, 5) is 25.6. The van der Waals surface area contributed by atoms with Crippen LogP contribution in [0.2, 0.25) is 5.02 Å². The number of hydrogen-bond acceptors (Lipinski definition) is 6. The number of hydrogen-bond donors (Lipinski definition) is 4. The van der Waals surface area contributed by atoms with Crippen LogP contribution in [0.4, 0.5) is 4.39 Å². The Balaban J connectivity index is 1.32. The van der Waals surface area contributed by atoms with Crippen LogP contribution in [0.25, 0.3) is 0 Å². The summed E-state index contributed by atoms with van der Waals surface area (Å²) in [6.45, 7) is 4.51. The Bertz CT molecular complexity index is 908. The van der Waals surface area contributed by atoms with Gasteiger partial charge in [0.25, 0.3) is 5.91 Å². The second-order valence-corrected chi connectivity index (χ2v) is 10.0. The van der Waals surface area contributed by atoms with E-state index < -0.39 is 23.0 Å². The Morgan fingerprint density at radius 1 is 1.30 bits per heavy atom. The standard InChI is InChI=1S/C23H32ClFN4O4/c1-3-29-18(10-14(2)28-29)21(32)27-22-6-8-23(9-7-22,19(30)12-22)26-20(31)13-33-15-4-5-16(24)17(25)11-15/h4-5,11,14,18-19,28,30H,3,6-10,12-13H2,1-2H3,(H,26,31)(H,27,32). The molecule has 4 fully saturated rings. The topological polar surface area (TPSA) is 103 Å². The van der Waals surface area contributed by atoms with Crippen molar-refractivity contribution < 1.29 is 23.8 Å². The van der Waals surface area contributed by atoms with Gasteiger partial charge in [-0.25, -0.2) is 9.40 Å². The molecule has 3 saturated carbocycles. The number of rotatable bonds is 7. The molecular formula is C23H32ClFN4O4. The number of aliphatic hydroxyl groups excluding tert-OH is 1. The van der Waals surface area contributed by atoms with Crippen molar-refractivity contribution in [3.63, 3.8) is 0 Å². The molecule has 1 saturated heterocycles. The molecule has 2 amide bonds. The van der Waals surface area contributed by atoms with Gasteiger partial charge < -0.3 is 20.5 Å². The predicted molar refractivity (Wildman–Crippen MR) is 121 cm³/mol. The van der Waals surface area contributed by atoms with E-state index in [1.54, 1.807) is 0 Å². The number of ether oxygens (including phenoxy) is 1. The normalized spacial score (nSPS) is 33.7. The minimum atomic E-state index is -0.778. The fourth-order valence-corrected chi connectivity index (χ4v) is 5.60. The van der Waals surface area contributed by atoms with Crippen LogP contribution in [0.1, 0.15) is 52.4 Å². The minimum Gasteiger partial charge on any atom is -0.484 e. The third-order valence-corrected chi connectivity index (χ3v) is 7.65. The Morgan fingerprint density at radius 2 is 2.03 bits per heavy atom. The van der Waals surface area contributed by atoms with Gasteiger partial charge in [-0.1, -0.05) is 18.5 Å². The van der Waals surface area contributed by atoms with Crippen LogP contribution in [0.5, 0.6) is 5.75 Å². The number of fused-ring (bicyclic) bond motifs is 3. The summed E-state index contributed by atoms with van der Waals surface area (Å²) < 4.78 is 18.9. The van der Waals surface area contributed by atoms with Gasteiger partial charge >= 0.3 is 0 Å². The predicted octanol–water partition coefficient (Wildman–Crippen LogP) is 1.89. The number of likely N-dealkylation sites (N-methyl/N-ethyl adjacent to an activating group) is 1.